The van der Waals surface area contributed by atoms with Crippen LogP contribution in [0.4, 0.5) is 18.0 Å². The van der Waals surface area contributed by atoms with Gasteiger partial charge in [0, 0.05) is 19.5 Å². The smallest absolute Gasteiger partial charge is 0.407 e. The maximum Gasteiger partial charge on any atom is 0.407 e. The molecule has 0 aromatic carbocycles. The first-order valence-electron chi connectivity index (χ1n) is 9.02. The average molecular weight is 410 g/mol. The summed E-state index contributed by atoms with van der Waals surface area (Å²) in [6, 6.07) is -0.944. The standard InChI is InChI=1S/C18H29F3N2O5/c1-16(2,3)27-14(25)8-12(22-15(26)28-17(4,5)6)10-23-9-11(7-13(23)24)18(19,20)21/h11-12H,7-10H2,1-6H3,(H,22,26)/t11?,12-/m0/s1. The summed E-state index contributed by atoms with van der Waals surface area (Å²) in [5.74, 6) is -3.08. The van der Waals surface area contributed by atoms with Crippen LogP contribution in [0.15, 0.2) is 0 Å². The quantitative estimate of drug-likeness (QED) is 0.705. The molecule has 2 atom stereocenters. The molecule has 1 heterocycles. The van der Waals surface area contributed by atoms with Gasteiger partial charge < -0.3 is 19.7 Å². The second-order valence-corrected chi connectivity index (χ2v) is 8.88. The fraction of sp³-hybridized carbons (Fsp3) is 0.833. The highest BCUT2D eigenvalue weighted by molar-refractivity contribution is 5.79. The topological polar surface area (TPSA) is 84.9 Å². The minimum absolute atomic E-state index is 0.246. The Morgan fingerprint density at radius 1 is 1.11 bits per heavy atom. The van der Waals surface area contributed by atoms with Crippen LogP contribution in [0.25, 0.3) is 0 Å². The van der Waals surface area contributed by atoms with E-state index in [1.807, 2.05) is 0 Å². The van der Waals surface area contributed by atoms with E-state index in [0.717, 1.165) is 4.90 Å². The summed E-state index contributed by atoms with van der Waals surface area (Å²) in [6.07, 6.45) is -6.27. The lowest BCUT2D eigenvalue weighted by atomic mass is 10.1. The summed E-state index contributed by atoms with van der Waals surface area (Å²) >= 11 is 0. The van der Waals surface area contributed by atoms with E-state index in [2.05, 4.69) is 5.32 Å². The average Bonchev–Trinajstić information content (AvgIpc) is 2.75. The summed E-state index contributed by atoms with van der Waals surface area (Å²) in [5.41, 5.74) is -1.57. The van der Waals surface area contributed by atoms with Gasteiger partial charge in [-0.25, -0.2) is 4.79 Å². The first-order valence-corrected chi connectivity index (χ1v) is 9.02. The van der Waals surface area contributed by atoms with Gasteiger partial charge in [0.15, 0.2) is 0 Å². The normalized spacial score (nSPS) is 19.4. The van der Waals surface area contributed by atoms with Crippen molar-refractivity contribution >= 4 is 18.0 Å². The Hall–Kier alpha value is -2.00. The van der Waals surface area contributed by atoms with Crippen molar-refractivity contribution in [1.29, 1.82) is 0 Å². The second-order valence-electron chi connectivity index (χ2n) is 8.88. The number of hydrogen-bond acceptors (Lipinski definition) is 5. The molecule has 0 bridgehead atoms. The van der Waals surface area contributed by atoms with Gasteiger partial charge in [-0.1, -0.05) is 0 Å². The van der Waals surface area contributed by atoms with Crippen molar-refractivity contribution in [2.75, 3.05) is 13.1 Å². The van der Waals surface area contributed by atoms with Crippen molar-refractivity contribution in [1.82, 2.24) is 10.2 Å². The minimum Gasteiger partial charge on any atom is -0.460 e. The Bertz CT molecular complexity index is 563. The van der Waals surface area contributed by atoms with Gasteiger partial charge in [-0.2, -0.15) is 13.2 Å². The third kappa shape index (κ3) is 8.79. The Labute approximate surface area is 162 Å². The van der Waals surface area contributed by atoms with E-state index in [9.17, 15) is 27.6 Å². The number of alkyl carbamates (subject to hydrolysis) is 1. The van der Waals surface area contributed by atoms with Gasteiger partial charge in [-0.3, -0.25) is 9.59 Å². The number of likely N-dealkylation sites (tertiary alicyclic amines) is 1. The lowest BCUT2D eigenvalue weighted by Crippen LogP contribution is -2.47. The molecule has 1 aliphatic rings. The Morgan fingerprint density at radius 3 is 2.07 bits per heavy atom. The highest BCUT2D eigenvalue weighted by Gasteiger charge is 2.47. The van der Waals surface area contributed by atoms with Crippen LogP contribution >= 0.6 is 0 Å². The van der Waals surface area contributed by atoms with Crippen LogP contribution in [0.5, 0.6) is 0 Å². The molecule has 10 heteroatoms. The van der Waals surface area contributed by atoms with Crippen molar-refractivity contribution in [2.24, 2.45) is 5.92 Å². The molecule has 7 nitrogen and oxygen atoms in total. The second kappa shape index (κ2) is 8.57. The molecule has 0 aromatic heterocycles. The third-order valence-electron chi connectivity index (χ3n) is 3.67. The zero-order chi connectivity index (χ0) is 21.9. The number of esters is 1. The predicted octanol–water partition coefficient (Wildman–Crippen LogP) is 3.02. The maximum absolute atomic E-state index is 12.9. The molecule has 28 heavy (non-hydrogen) atoms. The first kappa shape index (κ1) is 24.0. The molecule has 0 saturated carbocycles. The van der Waals surface area contributed by atoms with Crippen molar-refractivity contribution in [3.05, 3.63) is 0 Å². The van der Waals surface area contributed by atoms with Crippen LogP contribution in [0, 0.1) is 5.92 Å². The van der Waals surface area contributed by atoms with Crippen molar-refractivity contribution in [3.63, 3.8) is 0 Å². The molecule has 1 fully saturated rings. The number of alkyl halides is 3. The molecular formula is C18H29F3N2O5. The van der Waals surface area contributed by atoms with E-state index in [1.54, 1.807) is 41.5 Å². The van der Waals surface area contributed by atoms with Gasteiger partial charge in [0.2, 0.25) is 5.91 Å². The molecule has 162 valence electrons. The summed E-state index contributed by atoms with van der Waals surface area (Å²) in [5, 5.41) is 2.45. The van der Waals surface area contributed by atoms with E-state index in [-0.39, 0.29) is 13.0 Å². The lowest BCUT2D eigenvalue weighted by molar-refractivity contribution is -0.171. The summed E-state index contributed by atoms with van der Waals surface area (Å²) in [6.45, 7) is 9.18. The van der Waals surface area contributed by atoms with Crippen molar-refractivity contribution in [2.45, 2.75) is 77.8 Å². The summed E-state index contributed by atoms with van der Waals surface area (Å²) in [7, 11) is 0. The molecular weight excluding hydrogens is 381 g/mol. The van der Waals surface area contributed by atoms with Crippen LogP contribution < -0.4 is 5.32 Å². The van der Waals surface area contributed by atoms with Gasteiger partial charge >= 0.3 is 18.2 Å². The first-order chi connectivity index (χ1) is 12.5. The number of amides is 2. The van der Waals surface area contributed by atoms with Crippen molar-refractivity contribution < 1.29 is 37.0 Å². The lowest BCUT2D eigenvalue weighted by Gasteiger charge is -2.28. The molecule has 0 aromatic rings. The Kier molecular flexibility index (Phi) is 7.35. The molecule has 0 aliphatic carbocycles. The van der Waals surface area contributed by atoms with E-state index < -0.39 is 60.3 Å². The van der Waals surface area contributed by atoms with E-state index >= 15 is 0 Å². The zero-order valence-electron chi connectivity index (χ0n) is 17.1. The third-order valence-corrected chi connectivity index (χ3v) is 3.67. The molecule has 1 rings (SSSR count). The van der Waals surface area contributed by atoms with Crippen molar-refractivity contribution in [3.8, 4) is 0 Å². The molecule has 2 amide bonds. The SMILES string of the molecule is CC(C)(C)OC(=O)C[C@@H](CN1CC(C(F)(F)F)CC1=O)NC(=O)OC(C)(C)C. The van der Waals surface area contributed by atoms with Crippen LogP contribution in [-0.4, -0.2) is 59.4 Å². The predicted molar refractivity (Wildman–Crippen MR) is 94.4 cm³/mol. The highest BCUT2D eigenvalue weighted by atomic mass is 19.4. The number of hydrogen-bond donors (Lipinski definition) is 1. The molecule has 0 spiro atoms. The van der Waals surface area contributed by atoms with Gasteiger partial charge in [0.1, 0.15) is 11.2 Å². The number of ether oxygens (including phenoxy) is 2. The van der Waals surface area contributed by atoms with Crippen LogP contribution in [0.2, 0.25) is 0 Å². The minimum atomic E-state index is -4.48. The highest BCUT2D eigenvalue weighted by Crippen LogP contribution is 2.34. The number of carbonyl (C=O) groups is 3. The van der Waals surface area contributed by atoms with E-state index in [0.29, 0.717) is 0 Å². The van der Waals surface area contributed by atoms with Crippen LogP contribution in [0.3, 0.4) is 0 Å². The van der Waals surface area contributed by atoms with E-state index in [1.165, 1.54) is 0 Å². The molecule has 0 radical (unpaired) electrons. The Morgan fingerprint density at radius 2 is 1.64 bits per heavy atom. The number of halogens is 3. The Balaban J connectivity index is 2.84. The molecule has 1 aliphatic heterocycles. The van der Waals surface area contributed by atoms with Gasteiger partial charge in [-0.15, -0.1) is 0 Å². The largest absolute Gasteiger partial charge is 0.460 e. The molecule has 1 N–H and O–H groups in total. The summed E-state index contributed by atoms with van der Waals surface area (Å²) in [4.78, 5) is 37.1. The summed E-state index contributed by atoms with van der Waals surface area (Å²) < 4.78 is 49.0. The molecule has 1 saturated heterocycles. The van der Waals surface area contributed by atoms with E-state index in [4.69, 9.17) is 9.47 Å². The number of nitrogens with one attached hydrogen (secondary N) is 1. The zero-order valence-corrected chi connectivity index (χ0v) is 17.1. The number of carbonyl (C=O) groups excluding carboxylic acids is 3. The fourth-order valence-electron chi connectivity index (χ4n) is 2.65. The maximum atomic E-state index is 12.9. The van der Waals surface area contributed by atoms with Gasteiger partial charge in [-0.05, 0) is 41.5 Å². The fourth-order valence-corrected chi connectivity index (χ4v) is 2.65. The van der Waals surface area contributed by atoms with Gasteiger partial charge in [0.25, 0.3) is 0 Å². The molecule has 1 unspecified atom stereocenters. The van der Waals surface area contributed by atoms with Crippen LogP contribution in [-0.2, 0) is 19.1 Å². The number of nitrogens with zero attached hydrogens (tertiary/aromatic N) is 1. The number of rotatable bonds is 5. The monoisotopic (exact) mass is 410 g/mol. The van der Waals surface area contributed by atoms with Crippen LogP contribution in [0.1, 0.15) is 54.4 Å². The van der Waals surface area contributed by atoms with Gasteiger partial charge in [0.05, 0.1) is 18.4 Å².